The molecular formula is C24H30N6O. The average Bonchev–Trinajstić information content (AvgIpc) is 2.75. The molecule has 0 atom stereocenters. The van der Waals surface area contributed by atoms with Crippen molar-refractivity contribution >= 4 is 17.1 Å². The number of hydrogen-bond acceptors (Lipinski definition) is 6. The van der Waals surface area contributed by atoms with Crippen LogP contribution >= 0.6 is 0 Å². The first-order valence-corrected chi connectivity index (χ1v) is 10.9. The highest BCUT2D eigenvalue weighted by Gasteiger charge is 2.20. The number of hydrogen-bond donors (Lipinski definition) is 2. The van der Waals surface area contributed by atoms with Crippen LogP contribution in [0.15, 0.2) is 51.8 Å². The maximum atomic E-state index is 12.9. The van der Waals surface area contributed by atoms with Crippen LogP contribution in [0.5, 0.6) is 0 Å². The fraction of sp³-hybridized carbons (Fsp3) is 0.417. The zero-order valence-electron chi connectivity index (χ0n) is 18.7. The molecule has 1 saturated heterocycles. The van der Waals surface area contributed by atoms with Crippen molar-refractivity contribution in [3.63, 3.8) is 0 Å². The molecule has 1 fully saturated rings. The van der Waals surface area contributed by atoms with Crippen molar-refractivity contribution in [3.8, 4) is 0 Å². The summed E-state index contributed by atoms with van der Waals surface area (Å²) < 4.78 is 1.64. The van der Waals surface area contributed by atoms with Crippen LogP contribution in [0.4, 0.5) is 0 Å². The molecule has 0 aromatic carbocycles. The number of aliphatic imine (C=N–C) groups is 1. The van der Waals surface area contributed by atoms with Crippen LogP contribution in [0.2, 0.25) is 0 Å². The van der Waals surface area contributed by atoms with Crippen molar-refractivity contribution in [2.24, 2.45) is 4.99 Å². The number of aryl methyl sites for hydroxylation is 1. The lowest BCUT2D eigenvalue weighted by Crippen LogP contribution is -2.29. The van der Waals surface area contributed by atoms with Crippen LogP contribution in [-0.4, -0.2) is 45.8 Å². The monoisotopic (exact) mass is 418 g/mol. The lowest BCUT2D eigenvalue weighted by molar-refractivity contribution is 0.255. The second-order valence-corrected chi connectivity index (χ2v) is 8.52. The van der Waals surface area contributed by atoms with E-state index in [0.29, 0.717) is 17.3 Å². The van der Waals surface area contributed by atoms with Crippen molar-refractivity contribution in [3.05, 3.63) is 69.2 Å². The maximum Gasteiger partial charge on any atom is 0.258 e. The van der Waals surface area contributed by atoms with Crippen molar-refractivity contribution < 1.29 is 0 Å². The van der Waals surface area contributed by atoms with Crippen molar-refractivity contribution in [1.82, 2.24) is 19.6 Å². The Morgan fingerprint density at radius 1 is 1.29 bits per heavy atom. The first-order valence-electron chi connectivity index (χ1n) is 10.9. The molecule has 7 heteroatoms. The smallest absolute Gasteiger partial charge is 0.258 e. The normalized spacial score (nSPS) is 19.3. The molecule has 7 nitrogen and oxygen atoms in total. The van der Waals surface area contributed by atoms with Gasteiger partial charge in [0.2, 0.25) is 0 Å². The van der Waals surface area contributed by atoms with Gasteiger partial charge >= 0.3 is 0 Å². The van der Waals surface area contributed by atoms with E-state index in [4.69, 9.17) is 5.41 Å². The first kappa shape index (κ1) is 21.2. The van der Waals surface area contributed by atoms with Crippen molar-refractivity contribution in [1.29, 1.82) is 5.41 Å². The summed E-state index contributed by atoms with van der Waals surface area (Å²) in [5, 5.41) is 11.7. The maximum absolute atomic E-state index is 12.9. The van der Waals surface area contributed by atoms with E-state index >= 15 is 0 Å². The quantitative estimate of drug-likeness (QED) is 0.746. The summed E-state index contributed by atoms with van der Waals surface area (Å²) in [7, 11) is 2.15. The number of nitrogens with zero attached hydrogens (tertiary/aromatic N) is 4. The van der Waals surface area contributed by atoms with Crippen LogP contribution in [-0.2, 0) is 0 Å². The van der Waals surface area contributed by atoms with Crippen LogP contribution in [0.1, 0.15) is 55.8 Å². The van der Waals surface area contributed by atoms with Gasteiger partial charge in [-0.05, 0) is 76.4 Å². The van der Waals surface area contributed by atoms with Gasteiger partial charge in [0.1, 0.15) is 5.65 Å². The van der Waals surface area contributed by atoms with Gasteiger partial charge in [-0.25, -0.2) is 4.98 Å². The number of nitrogens with one attached hydrogen (secondary N) is 2. The van der Waals surface area contributed by atoms with Crippen LogP contribution in [0.3, 0.4) is 0 Å². The molecule has 0 radical (unpaired) electrons. The Kier molecular flexibility index (Phi) is 5.87. The molecule has 2 aromatic heterocycles. The second-order valence-electron chi connectivity index (χ2n) is 8.52. The summed E-state index contributed by atoms with van der Waals surface area (Å²) in [6, 6.07) is 3.61. The minimum Gasteiger partial charge on any atom is -0.358 e. The zero-order valence-corrected chi connectivity index (χ0v) is 18.7. The van der Waals surface area contributed by atoms with Gasteiger partial charge in [0.25, 0.3) is 5.56 Å². The molecule has 2 aromatic rings. The van der Waals surface area contributed by atoms with Crippen LogP contribution < -0.4 is 10.9 Å². The van der Waals surface area contributed by atoms with Gasteiger partial charge in [-0.2, -0.15) is 0 Å². The number of pyridine rings is 1. The Labute approximate surface area is 182 Å². The van der Waals surface area contributed by atoms with Gasteiger partial charge in [-0.15, -0.1) is 0 Å². The van der Waals surface area contributed by atoms with Crippen molar-refractivity contribution in [2.75, 3.05) is 20.1 Å². The van der Waals surface area contributed by atoms with Gasteiger partial charge in [0, 0.05) is 18.5 Å². The Bertz CT molecular complexity index is 1180. The number of rotatable bonds is 4. The first-order chi connectivity index (χ1) is 14.9. The molecule has 0 saturated carbocycles. The Morgan fingerprint density at radius 2 is 2.03 bits per heavy atom. The summed E-state index contributed by atoms with van der Waals surface area (Å²) in [5.74, 6) is 0.467. The molecule has 4 rings (SSSR count). The summed E-state index contributed by atoms with van der Waals surface area (Å²) >= 11 is 0. The number of allylic oxidation sites excluding steroid dienone is 3. The molecule has 2 N–H and O–H groups in total. The third-order valence-corrected chi connectivity index (χ3v) is 6.11. The SMILES string of the molecule is CCC1=NC(C)=CN/C1=C\C(=N)c1cc(=O)n2cc(C3CCN(C)CC3)cc(C)c2n1. The minimum atomic E-state index is -0.155. The number of likely N-dealkylation sites (tertiary alicyclic amines) is 1. The van der Waals surface area contributed by atoms with Crippen LogP contribution in [0, 0.1) is 12.3 Å². The van der Waals surface area contributed by atoms with E-state index in [1.54, 1.807) is 10.5 Å². The molecule has 0 amide bonds. The van der Waals surface area contributed by atoms with E-state index in [9.17, 15) is 4.79 Å². The van der Waals surface area contributed by atoms with Gasteiger partial charge in [-0.1, -0.05) is 13.0 Å². The molecule has 4 heterocycles. The Morgan fingerprint density at radius 3 is 2.74 bits per heavy atom. The fourth-order valence-electron chi connectivity index (χ4n) is 4.28. The molecule has 0 aliphatic carbocycles. The standard InChI is InChI=1S/C24H30N6O/c1-5-20-22(26-13-16(3)27-20)11-19(25)21-12-23(31)30-14-18(10-15(2)24(30)28-21)17-6-8-29(4)9-7-17/h10-14,17,25-26H,5-9H2,1-4H3/b22-11-,25-19?. The molecule has 2 aliphatic heterocycles. The molecule has 0 unspecified atom stereocenters. The van der Waals surface area contributed by atoms with Gasteiger partial charge in [-0.3, -0.25) is 19.6 Å². The lowest BCUT2D eigenvalue weighted by atomic mass is 9.90. The van der Waals surface area contributed by atoms with Gasteiger partial charge < -0.3 is 10.2 Å². The summed E-state index contributed by atoms with van der Waals surface area (Å²) in [6.07, 6.45) is 8.41. The van der Waals surface area contributed by atoms with E-state index in [0.717, 1.165) is 55.0 Å². The van der Waals surface area contributed by atoms with E-state index in [1.807, 2.05) is 33.2 Å². The third-order valence-electron chi connectivity index (χ3n) is 6.11. The second kappa shape index (κ2) is 8.59. The minimum absolute atomic E-state index is 0.155. The zero-order chi connectivity index (χ0) is 22.1. The number of piperidine rings is 1. The molecule has 2 aliphatic rings. The van der Waals surface area contributed by atoms with Crippen LogP contribution in [0.25, 0.3) is 5.65 Å². The molecule has 0 bridgehead atoms. The number of fused-ring (bicyclic) bond motifs is 1. The fourth-order valence-corrected chi connectivity index (χ4v) is 4.28. The van der Waals surface area contributed by atoms with E-state index in [-0.39, 0.29) is 11.3 Å². The largest absolute Gasteiger partial charge is 0.358 e. The Hall–Kier alpha value is -3.06. The number of aromatic nitrogens is 2. The molecule has 162 valence electrons. The topological polar surface area (TPSA) is 85.8 Å². The summed E-state index contributed by atoms with van der Waals surface area (Å²) in [6.45, 7) is 8.10. The highest BCUT2D eigenvalue weighted by atomic mass is 16.1. The van der Waals surface area contributed by atoms with E-state index < -0.39 is 0 Å². The summed E-state index contributed by atoms with van der Waals surface area (Å²) in [4.78, 5) is 24.5. The van der Waals surface area contributed by atoms with Crippen molar-refractivity contribution in [2.45, 2.75) is 46.0 Å². The predicted molar refractivity (Wildman–Crippen MR) is 125 cm³/mol. The third kappa shape index (κ3) is 4.37. The van der Waals surface area contributed by atoms with Gasteiger partial charge in [0.15, 0.2) is 0 Å². The lowest BCUT2D eigenvalue weighted by Gasteiger charge is -2.29. The summed E-state index contributed by atoms with van der Waals surface area (Å²) in [5.41, 5.74) is 5.74. The molecular weight excluding hydrogens is 388 g/mol. The van der Waals surface area contributed by atoms with E-state index in [1.165, 1.54) is 11.6 Å². The Balaban J connectivity index is 1.68. The molecule has 31 heavy (non-hydrogen) atoms. The molecule has 0 spiro atoms. The predicted octanol–water partition coefficient (Wildman–Crippen LogP) is 3.38. The van der Waals surface area contributed by atoms with Gasteiger partial charge in [0.05, 0.1) is 28.5 Å². The highest BCUT2D eigenvalue weighted by molar-refractivity contribution is 6.12. The highest BCUT2D eigenvalue weighted by Crippen LogP contribution is 2.28. The van der Waals surface area contributed by atoms with E-state index in [2.05, 4.69) is 33.3 Å². The average molecular weight is 419 g/mol.